The molecule has 0 aliphatic rings. The molecule has 2 heterocycles. The highest BCUT2D eigenvalue weighted by Crippen LogP contribution is 2.30. The number of thiazole rings is 1. The van der Waals surface area contributed by atoms with Crippen LogP contribution in [0.3, 0.4) is 0 Å². The second kappa shape index (κ2) is 13.3. The summed E-state index contributed by atoms with van der Waals surface area (Å²) in [5, 5.41) is 14.6. The van der Waals surface area contributed by atoms with Crippen molar-refractivity contribution in [2.24, 2.45) is 0 Å². The number of carbonyl (C=O) groups excluding carboxylic acids is 2. The molecular weight excluding hydrogens is 606 g/mol. The molecule has 1 atom stereocenters. The molecule has 2 amide bonds. The van der Waals surface area contributed by atoms with E-state index in [2.05, 4.69) is 15.6 Å². The molecule has 0 spiro atoms. The number of aromatic nitrogens is 4. The van der Waals surface area contributed by atoms with Crippen LogP contribution < -0.4 is 10.2 Å². The Kier molecular flexibility index (Phi) is 8.86. The predicted octanol–water partition coefficient (Wildman–Crippen LogP) is 6.68. The van der Waals surface area contributed by atoms with E-state index in [1.807, 2.05) is 103 Å². The maximum atomic E-state index is 14.3. The number of amides is 2. The second-order valence-electron chi connectivity index (χ2n) is 10.6. The van der Waals surface area contributed by atoms with Gasteiger partial charge in [0.25, 0.3) is 5.91 Å². The van der Waals surface area contributed by atoms with Crippen LogP contribution >= 0.6 is 22.9 Å². The quantitative estimate of drug-likeness (QED) is 0.180. The van der Waals surface area contributed by atoms with Gasteiger partial charge in [0.2, 0.25) is 5.91 Å². The Hall–Kier alpha value is -5.06. The first-order valence-corrected chi connectivity index (χ1v) is 15.5. The first-order chi connectivity index (χ1) is 21.9. The number of para-hydroxylation sites is 1. The summed E-state index contributed by atoms with van der Waals surface area (Å²) >= 11 is 7.68. The number of carbonyl (C=O) groups is 2. The van der Waals surface area contributed by atoms with Gasteiger partial charge in [-0.15, -0.1) is 16.4 Å². The van der Waals surface area contributed by atoms with Crippen LogP contribution in [-0.4, -0.2) is 50.8 Å². The molecule has 6 rings (SSSR count). The van der Waals surface area contributed by atoms with Gasteiger partial charge in [0, 0.05) is 41.4 Å². The molecule has 0 saturated heterocycles. The topological polar surface area (TPSA) is 96.2 Å². The van der Waals surface area contributed by atoms with Gasteiger partial charge >= 0.3 is 0 Å². The van der Waals surface area contributed by atoms with Gasteiger partial charge in [-0.2, -0.15) is 0 Å². The average molecular weight is 636 g/mol. The van der Waals surface area contributed by atoms with Gasteiger partial charge in [0.15, 0.2) is 0 Å². The number of halogens is 1. The van der Waals surface area contributed by atoms with Gasteiger partial charge in [-0.3, -0.25) is 9.59 Å². The van der Waals surface area contributed by atoms with Crippen LogP contribution in [0.2, 0.25) is 5.02 Å². The van der Waals surface area contributed by atoms with Crippen molar-refractivity contribution >= 4 is 57.2 Å². The summed E-state index contributed by atoms with van der Waals surface area (Å²) in [6.45, 7) is -0.0183. The fourth-order valence-corrected chi connectivity index (χ4v) is 5.95. The molecule has 11 heteroatoms. The normalized spacial score (nSPS) is 11.7. The zero-order chi connectivity index (χ0) is 31.3. The van der Waals surface area contributed by atoms with E-state index in [4.69, 9.17) is 16.6 Å². The monoisotopic (exact) mass is 635 g/mol. The molecule has 45 heavy (non-hydrogen) atoms. The van der Waals surface area contributed by atoms with Gasteiger partial charge < -0.3 is 15.1 Å². The maximum Gasteiger partial charge on any atom is 0.251 e. The van der Waals surface area contributed by atoms with Crippen LogP contribution in [0.5, 0.6) is 0 Å². The standard InChI is InChI=1S/C34H30ClN7O2S/c1-40(2)27-18-16-26(17-19-27)36-34(44)33(24-12-14-25(35)15-13-24)41(20-31-37-29(22-45-31)23-8-4-3-5-9-23)32(43)21-42-30-11-7-6-10-28(30)38-39-42/h3-19,22,33H,20-21H2,1-2H3,(H,36,44)/t33-/m1/s1. The molecule has 4 aromatic carbocycles. The summed E-state index contributed by atoms with van der Waals surface area (Å²) in [5.74, 6) is -0.688. The molecule has 0 radical (unpaired) electrons. The van der Waals surface area contributed by atoms with Gasteiger partial charge in [-0.05, 0) is 54.1 Å². The van der Waals surface area contributed by atoms with Crippen LogP contribution in [0.1, 0.15) is 16.6 Å². The number of fused-ring (bicyclic) bond motifs is 1. The minimum Gasteiger partial charge on any atom is -0.378 e. The summed E-state index contributed by atoms with van der Waals surface area (Å²) < 4.78 is 1.55. The largest absolute Gasteiger partial charge is 0.378 e. The summed E-state index contributed by atoms with van der Waals surface area (Å²) in [7, 11) is 3.90. The number of hydrogen-bond donors (Lipinski definition) is 1. The number of nitrogens with zero attached hydrogens (tertiary/aromatic N) is 6. The lowest BCUT2D eigenvalue weighted by Gasteiger charge is -2.31. The highest BCUT2D eigenvalue weighted by atomic mass is 35.5. The molecule has 0 aliphatic carbocycles. The summed E-state index contributed by atoms with van der Waals surface area (Å²) in [6.07, 6.45) is 0. The number of benzene rings is 4. The molecule has 2 aromatic heterocycles. The van der Waals surface area contributed by atoms with Gasteiger partial charge in [0.1, 0.15) is 23.1 Å². The SMILES string of the molecule is CN(C)c1ccc(NC(=O)[C@@H](c2ccc(Cl)cc2)N(Cc2nc(-c3ccccc3)cs2)C(=O)Cn2nnc3ccccc32)cc1. The number of rotatable bonds is 10. The van der Waals surface area contributed by atoms with Crippen LogP contribution in [0.4, 0.5) is 11.4 Å². The van der Waals surface area contributed by atoms with Crippen molar-refractivity contribution in [2.75, 3.05) is 24.3 Å². The Bertz CT molecular complexity index is 1920. The first kappa shape index (κ1) is 30.0. The van der Waals surface area contributed by atoms with Crippen LogP contribution in [-0.2, 0) is 22.7 Å². The lowest BCUT2D eigenvalue weighted by molar-refractivity contribution is -0.140. The third-order valence-electron chi connectivity index (χ3n) is 7.35. The minimum absolute atomic E-state index is 0.100. The van der Waals surface area contributed by atoms with Gasteiger partial charge in [-0.25, -0.2) is 9.67 Å². The van der Waals surface area contributed by atoms with Crippen molar-refractivity contribution in [2.45, 2.75) is 19.1 Å². The van der Waals surface area contributed by atoms with E-state index in [1.165, 1.54) is 11.3 Å². The van der Waals surface area contributed by atoms with E-state index in [1.54, 1.807) is 33.8 Å². The molecular formula is C34H30ClN7O2S. The molecule has 0 bridgehead atoms. The third kappa shape index (κ3) is 6.87. The van der Waals surface area contributed by atoms with Crippen LogP contribution in [0.25, 0.3) is 22.3 Å². The lowest BCUT2D eigenvalue weighted by atomic mass is 10.0. The highest BCUT2D eigenvalue weighted by Gasteiger charge is 2.33. The molecule has 0 aliphatic heterocycles. The molecule has 0 fully saturated rings. The summed E-state index contributed by atoms with van der Waals surface area (Å²) in [6, 6.07) is 30.8. The molecule has 9 nitrogen and oxygen atoms in total. The molecule has 0 unspecified atom stereocenters. The number of hydrogen-bond acceptors (Lipinski definition) is 7. The van der Waals surface area contributed by atoms with E-state index >= 15 is 0 Å². The Labute approximate surface area is 269 Å². The van der Waals surface area contributed by atoms with Crippen LogP contribution in [0, 0.1) is 0 Å². The summed E-state index contributed by atoms with van der Waals surface area (Å²) in [5.41, 5.74) is 5.40. The molecule has 1 N–H and O–H groups in total. The Morgan fingerprint density at radius 1 is 0.911 bits per heavy atom. The van der Waals surface area contributed by atoms with Crippen molar-refractivity contribution in [1.82, 2.24) is 24.9 Å². The average Bonchev–Trinajstić information content (AvgIpc) is 3.70. The smallest absolute Gasteiger partial charge is 0.251 e. The number of anilines is 2. The van der Waals surface area contributed by atoms with Crippen molar-refractivity contribution < 1.29 is 9.59 Å². The lowest BCUT2D eigenvalue weighted by Crippen LogP contribution is -2.42. The summed E-state index contributed by atoms with van der Waals surface area (Å²) in [4.78, 5) is 36.9. The Morgan fingerprint density at radius 3 is 2.36 bits per heavy atom. The third-order valence-corrected chi connectivity index (χ3v) is 8.44. The number of nitrogens with one attached hydrogen (secondary N) is 1. The van der Waals surface area contributed by atoms with E-state index in [0.717, 1.165) is 22.5 Å². The minimum atomic E-state index is -0.998. The molecule has 0 saturated carbocycles. The second-order valence-corrected chi connectivity index (χ2v) is 12.0. The zero-order valence-electron chi connectivity index (χ0n) is 24.7. The van der Waals surface area contributed by atoms with Crippen molar-refractivity contribution in [3.05, 3.63) is 124 Å². The Balaban J connectivity index is 1.38. The maximum absolute atomic E-state index is 14.3. The molecule has 6 aromatic rings. The van der Waals surface area contributed by atoms with Crippen molar-refractivity contribution in [3.8, 4) is 11.3 Å². The molecule has 226 valence electrons. The van der Waals surface area contributed by atoms with E-state index in [-0.39, 0.29) is 24.9 Å². The van der Waals surface area contributed by atoms with E-state index < -0.39 is 6.04 Å². The fourth-order valence-electron chi connectivity index (χ4n) is 5.02. The predicted molar refractivity (Wildman–Crippen MR) is 179 cm³/mol. The van der Waals surface area contributed by atoms with Crippen LogP contribution in [0.15, 0.2) is 109 Å². The fraction of sp³-hybridized carbons (Fsp3) is 0.147. The van der Waals surface area contributed by atoms with Gasteiger partial charge in [-0.1, -0.05) is 71.4 Å². The Morgan fingerprint density at radius 2 is 1.62 bits per heavy atom. The van der Waals surface area contributed by atoms with Gasteiger partial charge in [0.05, 0.1) is 17.8 Å². The van der Waals surface area contributed by atoms with Crippen molar-refractivity contribution in [1.29, 1.82) is 0 Å². The first-order valence-electron chi connectivity index (χ1n) is 14.3. The zero-order valence-corrected chi connectivity index (χ0v) is 26.2. The van der Waals surface area contributed by atoms with E-state index in [0.29, 0.717) is 26.8 Å². The highest BCUT2D eigenvalue weighted by molar-refractivity contribution is 7.09. The van der Waals surface area contributed by atoms with Crippen molar-refractivity contribution in [3.63, 3.8) is 0 Å². The van der Waals surface area contributed by atoms with E-state index in [9.17, 15) is 9.59 Å².